The minimum Gasteiger partial charge on any atom is -0.490 e. The van der Waals surface area contributed by atoms with E-state index in [-0.39, 0.29) is 5.91 Å². The first-order valence-corrected chi connectivity index (χ1v) is 10.3. The van der Waals surface area contributed by atoms with E-state index in [9.17, 15) is 4.79 Å². The normalized spacial score (nSPS) is 13.1. The molecule has 6 heteroatoms. The van der Waals surface area contributed by atoms with Gasteiger partial charge >= 0.3 is 0 Å². The molecule has 0 spiro atoms. The minimum atomic E-state index is 0.0246. The zero-order valence-corrected chi connectivity index (χ0v) is 16.6. The fraction of sp³-hybridized carbons (Fsp3) is 0.273. The lowest BCUT2D eigenvalue weighted by atomic mass is 10.1. The van der Waals surface area contributed by atoms with Crippen molar-refractivity contribution in [1.82, 2.24) is 9.88 Å². The smallest absolute Gasteiger partial charge is 0.254 e. The summed E-state index contributed by atoms with van der Waals surface area (Å²) in [5.41, 5.74) is 2.85. The van der Waals surface area contributed by atoms with Crippen LogP contribution in [0.15, 0.2) is 54.2 Å². The Kier molecular flexibility index (Phi) is 5.58. The number of hydrogen-bond donors (Lipinski definition) is 0. The number of benzene rings is 1. The lowest BCUT2D eigenvalue weighted by Gasteiger charge is -2.27. The first kappa shape index (κ1) is 18.5. The molecule has 5 nitrogen and oxygen atoms in total. The Morgan fingerprint density at radius 1 is 1.21 bits per heavy atom. The predicted molar refractivity (Wildman–Crippen MR) is 109 cm³/mol. The Bertz CT molecular complexity index is 955. The number of hydrogen-bond acceptors (Lipinski definition) is 5. The number of pyridine rings is 1. The molecule has 0 bridgehead atoms. The highest BCUT2D eigenvalue weighted by molar-refractivity contribution is 7.10. The number of thiophene rings is 1. The monoisotopic (exact) mass is 394 g/mol. The molecule has 28 heavy (non-hydrogen) atoms. The van der Waals surface area contributed by atoms with E-state index in [1.807, 2.05) is 36.1 Å². The van der Waals surface area contributed by atoms with Gasteiger partial charge in [0.15, 0.2) is 11.5 Å². The van der Waals surface area contributed by atoms with E-state index in [2.05, 4.69) is 16.4 Å². The summed E-state index contributed by atoms with van der Waals surface area (Å²) in [6.07, 6.45) is 4.42. The van der Waals surface area contributed by atoms with Crippen LogP contribution in [0.25, 0.3) is 0 Å². The largest absolute Gasteiger partial charge is 0.490 e. The summed E-state index contributed by atoms with van der Waals surface area (Å²) in [5, 5.41) is 2.10. The van der Waals surface area contributed by atoms with Gasteiger partial charge in [0.2, 0.25) is 0 Å². The second kappa shape index (κ2) is 8.44. The van der Waals surface area contributed by atoms with Crippen molar-refractivity contribution in [2.45, 2.75) is 26.5 Å². The maximum Gasteiger partial charge on any atom is 0.254 e. The highest BCUT2D eigenvalue weighted by Gasteiger charge is 2.23. The van der Waals surface area contributed by atoms with E-state index in [0.29, 0.717) is 36.8 Å². The molecule has 0 atom stereocenters. The maximum atomic E-state index is 13.0. The van der Waals surface area contributed by atoms with Gasteiger partial charge in [-0.25, -0.2) is 0 Å². The number of nitrogens with zero attached hydrogens (tertiary/aromatic N) is 2. The van der Waals surface area contributed by atoms with Gasteiger partial charge < -0.3 is 14.4 Å². The van der Waals surface area contributed by atoms with Crippen LogP contribution in [0, 0.1) is 0 Å². The molecule has 4 rings (SSSR count). The minimum absolute atomic E-state index is 0.0246. The van der Waals surface area contributed by atoms with E-state index in [1.165, 1.54) is 10.4 Å². The SMILES string of the molecule is CCOc1cc(C(=O)N2CCc3sccc3C2)ccc1OCc1cccnc1. The van der Waals surface area contributed by atoms with Crippen LogP contribution < -0.4 is 9.47 Å². The van der Waals surface area contributed by atoms with Crippen molar-refractivity contribution in [3.8, 4) is 11.5 Å². The molecule has 3 heterocycles. The first-order chi connectivity index (χ1) is 13.7. The van der Waals surface area contributed by atoms with Gasteiger partial charge in [0.05, 0.1) is 6.61 Å². The summed E-state index contributed by atoms with van der Waals surface area (Å²) in [7, 11) is 0. The zero-order valence-electron chi connectivity index (χ0n) is 15.8. The van der Waals surface area contributed by atoms with Crippen LogP contribution in [0.5, 0.6) is 11.5 Å². The summed E-state index contributed by atoms with van der Waals surface area (Å²) in [5.74, 6) is 1.24. The van der Waals surface area contributed by atoms with Crippen molar-refractivity contribution in [2.75, 3.05) is 13.2 Å². The quantitative estimate of drug-likeness (QED) is 0.625. The number of fused-ring (bicyclic) bond motifs is 1. The maximum absolute atomic E-state index is 13.0. The van der Waals surface area contributed by atoms with Gasteiger partial charge in [-0.15, -0.1) is 11.3 Å². The molecular formula is C22H22N2O3S. The van der Waals surface area contributed by atoms with Gasteiger partial charge in [0, 0.05) is 41.5 Å². The fourth-order valence-electron chi connectivity index (χ4n) is 3.28. The molecule has 0 N–H and O–H groups in total. The van der Waals surface area contributed by atoms with Gasteiger partial charge in [-0.05, 0) is 54.6 Å². The van der Waals surface area contributed by atoms with Crippen molar-refractivity contribution in [1.29, 1.82) is 0 Å². The molecule has 0 saturated heterocycles. The number of aromatic nitrogens is 1. The number of ether oxygens (including phenoxy) is 2. The molecule has 144 valence electrons. The van der Waals surface area contributed by atoms with Crippen molar-refractivity contribution in [2.24, 2.45) is 0 Å². The number of carbonyl (C=O) groups is 1. The van der Waals surface area contributed by atoms with Crippen LogP contribution in [-0.4, -0.2) is 28.9 Å². The lowest BCUT2D eigenvalue weighted by molar-refractivity contribution is 0.0735. The summed E-state index contributed by atoms with van der Waals surface area (Å²) < 4.78 is 11.6. The standard InChI is InChI=1S/C22H22N2O3S/c1-2-26-20-12-17(5-6-19(20)27-15-16-4-3-9-23-13-16)22(25)24-10-7-21-18(14-24)8-11-28-21/h3-6,8-9,11-13H,2,7,10,14-15H2,1H3. The number of rotatable bonds is 6. The average Bonchev–Trinajstić information content (AvgIpc) is 3.21. The topological polar surface area (TPSA) is 51.7 Å². The highest BCUT2D eigenvalue weighted by Crippen LogP contribution is 2.31. The van der Waals surface area contributed by atoms with E-state index in [1.54, 1.807) is 29.8 Å². The van der Waals surface area contributed by atoms with Gasteiger partial charge in [-0.1, -0.05) is 6.07 Å². The molecule has 1 amide bonds. The molecular weight excluding hydrogens is 372 g/mol. The molecule has 1 aliphatic rings. The van der Waals surface area contributed by atoms with Crippen LogP contribution >= 0.6 is 11.3 Å². The molecule has 1 aliphatic heterocycles. The predicted octanol–water partition coefficient (Wildman–Crippen LogP) is 4.32. The van der Waals surface area contributed by atoms with E-state index >= 15 is 0 Å². The van der Waals surface area contributed by atoms with Crippen LogP contribution in [0.2, 0.25) is 0 Å². The number of carbonyl (C=O) groups excluding carboxylic acids is 1. The summed E-state index contributed by atoms with van der Waals surface area (Å²) in [6, 6.07) is 11.4. The first-order valence-electron chi connectivity index (χ1n) is 9.37. The molecule has 3 aromatic rings. The van der Waals surface area contributed by atoms with Gasteiger partial charge in [0.1, 0.15) is 6.61 Å². The second-order valence-electron chi connectivity index (χ2n) is 6.59. The Morgan fingerprint density at radius 2 is 2.14 bits per heavy atom. The average molecular weight is 394 g/mol. The van der Waals surface area contributed by atoms with Gasteiger partial charge in [-0.2, -0.15) is 0 Å². The van der Waals surface area contributed by atoms with Crippen molar-refractivity contribution in [3.05, 3.63) is 75.7 Å². The van der Waals surface area contributed by atoms with Crippen LogP contribution in [0.4, 0.5) is 0 Å². The van der Waals surface area contributed by atoms with Crippen molar-refractivity contribution in [3.63, 3.8) is 0 Å². The molecule has 2 aromatic heterocycles. The third kappa shape index (κ3) is 4.02. The zero-order chi connectivity index (χ0) is 19.3. The highest BCUT2D eigenvalue weighted by atomic mass is 32.1. The summed E-state index contributed by atoms with van der Waals surface area (Å²) in [6.45, 7) is 4.23. The van der Waals surface area contributed by atoms with Gasteiger partial charge in [0.25, 0.3) is 5.91 Å². The van der Waals surface area contributed by atoms with Gasteiger partial charge in [-0.3, -0.25) is 9.78 Å². The Labute approximate surface area is 168 Å². The van der Waals surface area contributed by atoms with E-state index in [0.717, 1.165) is 18.5 Å². The third-order valence-corrected chi connectivity index (χ3v) is 5.73. The Morgan fingerprint density at radius 3 is 2.96 bits per heavy atom. The van der Waals surface area contributed by atoms with Crippen LogP contribution in [-0.2, 0) is 19.6 Å². The molecule has 0 saturated carbocycles. The molecule has 0 aliphatic carbocycles. The van der Waals surface area contributed by atoms with Crippen molar-refractivity contribution >= 4 is 17.2 Å². The Hall–Kier alpha value is -2.86. The summed E-state index contributed by atoms with van der Waals surface area (Å²) >= 11 is 1.77. The summed E-state index contributed by atoms with van der Waals surface area (Å²) in [4.78, 5) is 20.4. The second-order valence-corrected chi connectivity index (χ2v) is 7.59. The van der Waals surface area contributed by atoms with Crippen molar-refractivity contribution < 1.29 is 14.3 Å². The van der Waals surface area contributed by atoms with Crippen LogP contribution in [0.3, 0.4) is 0 Å². The third-order valence-electron chi connectivity index (χ3n) is 4.70. The lowest BCUT2D eigenvalue weighted by Crippen LogP contribution is -2.35. The Balaban J connectivity index is 1.50. The molecule has 0 unspecified atom stereocenters. The van der Waals surface area contributed by atoms with E-state index in [4.69, 9.17) is 9.47 Å². The molecule has 0 fully saturated rings. The molecule has 0 radical (unpaired) electrons. The number of amides is 1. The fourth-order valence-corrected chi connectivity index (χ4v) is 4.17. The van der Waals surface area contributed by atoms with E-state index < -0.39 is 0 Å². The molecule has 1 aromatic carbocycles. The van der Waals surface area contributed by atoms with Crippen LogP contribution in [0.1, 0.15) is 33.3 Å².